The number of aryl methyl sites for hydroxylation is 1. The van der Waals surface area contributed by atoms with Crippen molar-refractivity contribution in [2.75, 3.05) is 11.9 Å². The number of aliphatic imine (C=N–C) groups is 1. The lowest BCUT2D eigenvalue weighted by Crippen LogP contribution is -2.24. The molecule has 2 aromatic rings. The summed E-state index contributed by atoms with van der Waals surface area (Å²) in [7, 11) is 0. The van der Waals surface area contributed by atoms with Crippen LogP contribution >= 0.6 is 0 Å². The lowest BCUT2D eigenvalue weighted by molar-refractivity contribution is 0.201. The average Bonchev–Trinajstić information content (AvgIpc) is 2.64. The van der Waals surface area contributed by atoms with E-state index in [0.29, 0.717) is 18.4 Å². The van der Waals surface area contributed by atoms with Gasteiger partial charge in [0.1, 0.15) is 18.8 Å². The first-order valence-corrected chi connectivity index (χ1v) is 9.14. The molecule has 0 fully saturated rings. The number of allylic oxidation sites excluding steroid dienone is 1. The second-order valence-corrected chi connectivity index (χ2v) is 6.88. The van der Waals surface area contributed by atoms with Crippen molar-refractivity contribution in [3.8, 4) is 0 Å². The zero-order chi connectivity index (χ0) is 19.8. The third-order valence-corrected chi connectivity index (χ3v) is 4.24. The van der Waals surface area contributed by atoms with E-state index in [1.165, 1.54) is 5.56 Å². The molecule has 6 heteroatoms. The Balaban J connectivity index is 1.83. The summed E-state index contributed by atoms with van der Waals surface area (Å²) in [6.07, 6.45) is 4.86. The van der Waals surface area contributed by atoms with Crippen LogP contribution in [0.2, 0.25) is 0 Å². The predicted octanol–water partition coefficient (Wildman–Crippen LogP) is 4.24. The molecule has 0 radical (unpaired) electrons. The quantitative estimate of drug-likeness (QED) is 0.538. The molecule has 0 amide bonds. The van der Waals surface area contributed by atoms with Gasteiger partial charge in [0.05, 0.1) is 11.7 Å². The van der Waals surface area contributed by atoms with Gasteiger partial charge >= 0.3 is 0 Å². The van der Waals surface area contributed by atoms with Crippen molar-refractivity contribution in [3.05, 3.63) is 59.4 Å². The van der Waals surface area contributed by atoms with Crippen molar-refractivity contribution in [3.63, 3.8) is 0 Å². The minimum atomic E-state index is 0.0467. The number of ether oxygens (including phenoxy) is 1. The normalized spacial score (nSPS) is 13.2. The molecule has 2 rings (SSSR count). The van der Waals surface area contributed by atoms with Crippen LogP contribution in [0, 0.1) is 13.8 Å². The highest BCUT2D eigenvalue weighted by Crippen LogP contribution is 2.18. The van der Waals surface area contributed by atoms with E-state index >= 15 is 0 Å². The van der Waals surface area contributed by atoms with Gasteiger partial charge in [-0.25, -0.2) is 9.97 Å². The Kier molecular flexibility index (Phi) is 7.34. The molecule has 1 aromatic heterocycles. The maximum absolute atomic E-state index is 5.89. The summed E-state index contributed by atoms with van der Waals surface area (Å²) >= 11 is 0. The molecular formula is C21H29N5O. The fourth-order valence-electron chi connectivity index (χ4n) is 2.37. The number of benzene rings is 1. The summed E-state index contributed by atoms with van der Waals surface area (Å²) in [5.41, 5.74) is 10.1. The van der Waals surface area contributed by atoms with E-state index in [9.17, 15) is 0 Å². The van der Waals surface area contributed by atoms with Crippen molar-refractivity contribution >= 4 is 17.7 Å². The summed E-state index contributed by atoms with van der Waals surface area (Å²) < 4.78 is 5.58. The molecule has 27 heavy (non-hydrogen) atoms. The number of aromatic nitrogens is 2. The van der Waals surface area contributed by atoms with E-state index in [0.717, 1.165) is 22.8 Å². The summed E-state index contributed by atoms with van der Waals surface area (Å²) in [5, 5.41) is 3.31. The van der Waals surface area contributed by atoms with Crippen molar-refractivity contribution in [1.29, 1.82) is 0 Å². The second kappa shape index (κ2) is 9.71. The molecule has 6 nitrogen and oxygen atoms in total. The molecule has 0 aliphatic carbocycles. The Labute approximate surface area is 161 Å². The number of hydrogen-bond acceptors (Lipinski definition) is 6. The summed E-state index contributed by atoms with van der Waals surface area (Å²) in [6.45, 7) is 10.7. The second-order valence-electron chi connectivity index (χ2n) is 6.88. The Morgan fingerprint density at radius 3 is 2.56 bits per heavy atom. The molecule has 3 N–H and O–H groups in total. The van der Waals surface area contributed by atoms with Crippen molar-refractivity contribution in [1.82, 2.24) is 9.97 Å². The van der Waals surface area contributed by atoms with Gasteiger partial charge in [-0.15, -0.1) is 0 Å². The highest BCUT2D eigenvalue weighted by Gasteiger charge is 2.08. The lowest BCUT2D eigenvalue weighted by Gasteiger charge is -2.17. The monoisotopic (exact) mass is 367 g/mol. The number of nitrogens with zero attached hydrogens (tertiary/aromatic N) is 3. The molecule has 1 heterocycles. The molecule has 1 aromatic carbocycles. The summed E-state index contributed by atoms with van der Waals surface area (Å²) in [6, 6.07) is 8.21. The van der Waals surface area contributed by atoms with Gasteiger partial charge in [-0.1, -0.05) is 26.0 Å². The van der Waals surface area contributed by atoms with Gasteiger partial charge in [-0.05, 0) is 44.4 Å². The lowest BCUT2D eigenvalue weighted by atomic mass is 10.0. The highest BCUT2D eigenvalue weighted by molar-refractivity contribution is 5.74. The highest BCUT2D eigenvalue weighted by atomic mass is 16.5. The van der Waals surface area contributed by atoms with E-state index in [-0.39, 0.29) is 6.04 Å². The maximum Gasteiger partial charge on any atom is 0.185 e. The molecule has 0 saturated carbocycles. The van der Waals surface area contributed by atoms with Gasteiger partial charge in [-0.2, -0.15) is 0 Å². The summed E-state index contributed by atoms with van der Waals surface area (Å²) in [4.78, 5) is 12.8. The van der Waals surface area contributed by atoms with Crippen molar-refractivity contribution in [2.24, 2.45) is 10.7 Å². The first-order chi connectivity index (χ1) is 12.9. The van der Waals surface area contributed by atoms with Gasteiger partial charge in [0, 0.05) is 23.5 Å². The van der Waals surface area contributed by atoms with E-state index in [4.69, 9.17) is 10.5 Å². The van der Waals surface area contributed by atoms with Crippen LogP contribution in [0.15, 0.2) is 47.5 Å². The third-order valence-electron chi connectivity index (χ3n) is 4.24. The predicted molar refractivity (Wildman–Crippen MR) is 111 cm³/mol. The zero-order valence-corrected chi connectivity index (χ0v) is 16.7. The van der Waals surface area contributed by atoms with Gasteiger partial charge in [0.25, 0.3) is 0 Å². The van der Waals surface area contributed by atoms with Crippen LogP contribution in [-0.4, -0.2) is 28.8 Å². The van der Waals surface area contributed by atoms with Crippen LogP contribution in [-0.2, 0) is 4.74 Å². The molecule has 1 atom stereocenters. The minimum Gasteiger partial charge on any atom is -0.477 e. The maximum atomic E-state index is 5.89. The van der Waals surface area contributed by atoms with Gasteiger partial charge in [0.2, 0.25) is 0 Å². The van der Waals surface area contributed by atoms with E-state index in [2.05, 4.69) is 46.3 Å². The average molecular weight is 367 g/mol. The minimum absolute atomic E-state index is 0.0467. The Morgan fingerprint density at radius 1 is 1.19 bits per heavy atom. The Hall–Kier alpha value is -2.89. The molecule has 1 unspecified atom stereocenters. The SMILES string of the molecule is Cc1ncnc(NC(C)COC(N)=CC=Nc2ccc(C(C)C)cc2)c1C. The number of rotatable bonds is 8. The van der Waals surface area contributed by atoms with Crippen LogP contribution < -0.4 is 11.1 Å². The molecule has 144 valence electrons. The van der Waals surface area contributed by atoms with Gasteiger partial charge in [0.15, 0.2) is 5.88 Å². The molecule has 0 spiro atoms. The molecule has 0 saturated heterocycles. The number of anilines is 1. The molecule has 0 aliphatic rings. The first kappa shape index (κ1) is 20.4. The number of hydrogen-bond donors (Lipinski definition) is 2. The van der Waals surface area contributed by atoms with E-state index < -0.39 is 0 Å². The van der Waals surface area contributed by atoms with Crippen molar-refractivity contribution in [2.45, 2.75) is 46.6 Å². The Morgan fingerprint density at radius 2 is 1.89 bits per heavy atom. The van der Waals surface area contributed by atoms with Crippen LogP contribution in [0.1, 0.15) is 43.5 Å². The van der Waals surface area contributed by atoms with Gasteiger partial charge < -0.3 is 15.8 Å². The number of nitrogens with one attached hydrogen (secondary N) is 1. The van der Waals surface area contributed by atoms with E-state index in [1.807, 2.05) is 32.9 Å². The zero-order valence-electron chi connectivity index (χ0n) is 16.7. The smallest absolute Gasteiger partial charge is 0.185 e. The topological polar surface area (TPSA) is 85.4 Å². The van der Waals surface area contributed by atoms with Gasteiger partial charge in [-0.3, -0.25) is 4.99 Å². The van der Waals surface area contributed by atoms with Crippen LogP contribution in [0.5, 0.6) is 0 Å². The van der Waals surface area contributed by atoms with Crippen molar-refractivity contribution < 1.29 is 4.74 Å². The van der Waals surface area contributed by atoms with E-state index in [1.54, 1.807) is 18.6 Å². The molecule has 0 aliphatic heterocycles. The standard InChI is InChI=1S/C21H29N5O/c1-14(2)18-6-8-19(9-7-18)23-11-10-20(22)27-12-15(3)26-21-16(4)17(5)24-13-25-21/h6-11,13-15H,12,22H2,1-5H3,(H,24,25,26). The number of nitrogens with two attached hydrogens (primary N) is 1. The fraction of sp³-hybridized carbons (Fsp3) is 0.381. The van der Waals surface area contributed by atoms with Crippen LogP contribution in [0.4, 0.5) is 11.5 Å². The third kappa shape index (κ3) is 6.40. The van der Waals surface area contributed by atoms with Crippen LogP contribution in [0.25, 0.3) is 0 Å². The van der Waals surface area contributed by atoms with Crippen LogP contribution in [0.3, 0.4) is 0 Å². The molecular weight excluding hydrogens is 338 g/mol. The Bertz CT molecular complexity index is 797. The summed E-state index contributed by atoms with van der Waals surface area (Å²) in [5.74, 6) is 1.65. The largest absolute Gasteiger partial charge is 0.477 e. The fourth-order valence-corrected chi connectivity index (χ4v) is 2.37. The molecule has 0 bridgehead atoms. The first-order valence-electron chi connectivity index (χ1n) is 9.14.